The largest absolute Gasteiger partial charge is 0.507 e. The van der Waals surface area contributed by atoms with Gasteiger partial charge in [0.1, 0.15) is 10.6 Å². The zero-order valence-corrected chi connectivity index (χ0v) is 9.61. The number of hydrogen-bond donors (Lipinski definition) is 2. The van der Waals surface area contributed by atoms with Crippen molar-refractivity contribution in [3.63, 3.8) is 0 Å². The lowest BCUT2D eigenvalue weighted by Gasteiger charge is -1.94. The molecule has 1 aromatic carbocycles. The fourth-order valence-electron chi connectivity index (χ4n) is 1.73. The summed E-state index contributed by atoms with van der Waals surface area (Å²) in [5, 5.41) is 19.7. The predicted octanol–water partition coefficient (Wildman–Crippen LogP) is 3.37. The average molecular weight is 243 g/mol. The lowest BCUT2D eigenvalue weighted by molar-refractivity contribution is 0.440. The highest BCUT2D eigenvalue weighted by molar-refractivity contribution is 7.21. The second-order valence-corrected chi connectivity index (χ2v) is 4.73. The minimum Gasteiger partial charge on any atom is -0.507 e. The summed E-state index contributed by atoms with van der Waals surface area (Å²) in [6.45, 7) is 0. The van der Waals surface area contributed by atoms with Crippen LogP contribution in [0.4, 0.5) is 0 Å². The normalized spacial score (nSPS) is 10.8. The summed E-state index contributed by atoms with van der Waals surface area (Å²) in [5.74, 6) is -0.0950. The molecule has 3 rings (SSSR count). The Labute approximate surface area is 102 Å². The monoisotopic (exact) mass is 243 g/mol. The molecule has 0 spiro atoms. The van der Waals surface area contributed by atoms with E-state index in [4.69, 9.17) is 0 Å². The zero-order chi connectivity index (χ0) is 11.8. The maximum atomic E-state index is 9.72. The van der Waals surface area contributed by atoms with E-state index in [2.05, 4.69) is 4.98 Å². The molecule has 0 bridgehead atoms. The molecular formula is C13H9NO2S. The van der Waals surface area contributed by atoms with Crippen molar-refractivity contribution in [1.29, 1.82) is 0 Å². The molecule has 2 aromatic heterocycles. The Hall–Kier alpha value is -2.07. The van der Waals surface area contributed by atoms with Gasteiger partial charge >= 0.3 is 0 Å². The van der Waals surface area contributed by atoms with Gasteiger partial charge in [0.2, 0.25) is 5.88 Å². The number of thiophene rings is 1. The summed E-state index contributed by atoms with van der Waals surface area (Å²) in [6, 6.07) is 13.0. The van der Waals surface area contributed by atoms with Crippen molar-refractivity contribution in [1.82, 2.24) is 4.98 Å². The maximum absolute atomic E-state index is 9.72. The van der Waals surface area contributed by atoms with Crippen molar-refractivity contribution in [3.05, 3.63) is 42.5 Å². The number of rotatable bonds is 1. The predicted molar refractivity (Wildman–Crippen MR) is 68.4 cm³/mol. The molecule has 3 nitrogen and oxygen atoms in total. The van der Waals surface area contributed by atoms with Gasteiger partial charge in [0.15, 0.2) is 0 Å². The Morgan fingerprint density at radius 2 is 1.76 bits per heavy atom. The Bertz CT molecular complexity index is 676. The molecule has 0 saturated carbocycles. The van der Waals surface area contributed by atoms with E-state index in [0.29, 0.717) is 10.2 Å². The third kappa shape index (κ3) is 1.72. The van der Waals surface area contributed by atoms with Gasteiger partial charge in [0, 0.05) is 10.9 Å². The van der Waals surface area contributed by atoms with Crippen LogP contribution in [0.2, 0.25) is 0 Å². The quantitative estimate of drug-likeness (QED) is 0.689. The van der Waals surface area contributed by atoms with Gasteiger partial charge in [-0.2, -0.15) is 0 Å². The van der Waals surface area contributed by atoms with Gasteiger partial charge in [0.25, 0.3) is 0 Å². The second-order valence-electron chi connectivity index (χ2n) is 3.70. The number of aromatic hydroxyl groups is 2. The Morgan fingerprint density at radius 3 is 2.53 bits per heavy atom. The smallest absolute Gasteiger partial charge is 0.215 e. The minimum atomic E-state index is -0.156. The molecule has 2 N–H and O–H groups in total. The van der Waals surface area contributed by atoms with Crippen molar-refractivity contribution < 1.29 is 10.2 Å². The SMILES string of the molecule is Oc1cc(O)c2cc(-c3ccccc3)sc2n1. The van der Waals surface area contributed by atoms with Crippen molar-refractivity contribution in [3.8, 4) is 22.1 Å². The van der Waals surface area contributed by atoms with Gasteiger partial charge in [-0.05, 0) is 11.6 Å². The molecule has 0 aliphatic carbocycles. The van der Waals surface area contributed by atoms with Gasteiger partial charge in [-0.3, -0.25) is 0 Å². The van der Waals surface area contributed by atoms with Crippen LogP contribution in [0.15, 0.2) is 42.5 Å². The van der Waals surface area contributed by atoms with E-state index < -0.39 is 0 Å². The topological polar surface area (TPSA) is 53.4 Å². The van der Waals surface area contributed by atoms with Crippen LogP contribution in [0.3, 0.4) is 0 Å². The van der Waals surface area contributed by atoms with Gasteiger partial charge in [0.05, 0.1) is 5.39 Å². The summed E-state index contributed by atoms with van der Waals surface area (Å²) in [4.78, 5) is 5.66. The molecule has 0 unspecified atom stereocenters. The molecule has 0 atom stereocenters. The molecule has 0 aliphatic heterocycles. The molecule has 0 radical (unpaired) electrons. The summed E-state index contributed by atoms with van der Waals surface area (Å²) < 4.78 is 0. The Balaban J connectivity index is 2.24. The fraction of sp³-hybridized carbons (Fsp3) is 0. The zero-order valence-electron chi connectivity index (χ0n) is 8.79. The van der Waals surface area contributed by atoms with Gasteiger partial charge in [-0.25, -0.2) is 4.98 Å². The van der Waals surface area contributed by atoms with Crippen molar-refractivity contribution in [2.75, 3.05) is 0 Å². The number of pyridine rings is 1. The second kappa shape index (κ2) is 3.75. The van der Waals surface area contributed by atoms with E-state index in [1.54, 1.807) is 0 Å². The van der Waals surface area contributed by atoms with Crippen LogP contribution < -0.4 is 0 Å². The number of fused-ring (bicyclic) bond motifs is 1. The summed E-state index contributed by atoms with van der Waals surface area (Å²) in [7, 11) is 0. The molecule has 2 heterocycles. The van der Waals surface area contributed by atoms with Crippen LogP contribution in [0.1, 0.15) is 0 Å². The van der Waals surface area contributed by atoms with E-state index in [0.717, 1.165) is 10.4 Å². The van der Waals surface area contributed by atoms with Crippen molar-refractivity contribution in [2.24, 2.45) is 0 Å². The number of benzene rings is 1. The first-order valence-corrected chi connectivity index (χ1v) is 5.93. The molecule has 0 fully saturated rings. The Kier molecular flexibility index (Phi) is 2.23. The van der Waals surface area contributed by atoms with Gasteiger partial charge in [-0.15, -0.1) is 11.3 Å². The highest BCUT2D eigenvalue weighted by Gasteiger charge is 2.10. The summed E-state index contributed by atoms with van der Waals surface area (Å²) in [6.07, 6.45) is 0. The van der Waals surface area contributed by atoms with Crippen molar-refractivity contribution >= 4 is 21.6 Å². The van der Waals surface area contributed by atoms with Crippen LogP contribution in [-0.4, -0.2) is 15.2 Å². The molecule has 17 heavy (non-hydrogen) atoms. The van der Waals surface area contributed by atoms with Crippen LogP contribution in [0.5, 0.6) is 11.6 Å². The van der Waals surface area contributed by atoms with Gasteiger partial charge in [-0.1, -0.05) is 30.3 Å². The highest BCUT2D eigenvalue weighted by Crippen LogP contribution is 2.37. The van der Waals surface area contributed by atoms with Gasteiger partial charge < -0.3 is 10.2 Å². The molecule has 0 amide bonds. The minimum absolute atomic E-state index is 0.0610. The summed E-state index contributed by atoms with van der Waals surface area (Å²) in [5.41, 5.74) is 1.08. The Morgan fingerprint density at radius 1 is 1.00 bits per heavy atom. The van der Waals surface area contributed by atoms with Crippen LogP contribution in [-0.2, 0) is 0 Å². The van der Waals surface area contributed by atoms with E-state index in [1.165, 1.54) is 17.4 Å². The summed E-state index contributed by atoms with van der Waals surface area (Å²) >= 11 is 1.45. The van der Waals surface area contributed by atoms with E-state index in [-0.39, 0.29) is 11.6 Å². The molecule has 0 aliphatic rings. The first-order valence-electron chi connectivity index (χ1n) is 5.12. The first kappa shape index (κ1) is 10.1. The number of hydrogen-bond acceptors (Lipinski definition) is 4. The molecule has 3 aromatic rings. The highest BCUT2D eigenvalue weighted by atomic mass is 32.1. The fourth-order valence-corrected chi connectivity index (χ4v) is 2.78. The average Bonchev–Trinajstić information content (AvgIpc) is 2.74. The molecule has 4 heteroatoms. The lowest BCUT2D eigenvalue weighted by Crippen LogP contribution is -1.73. The van der Waals surface area contributed by atoms with Crippen LogP contribution >= 0.6 is 11.3 Å². The molecule has 84 valence electrons. The van der Waals surface area contributed by atoms with E-state index >= 15 is 0 Å². The lowest BCUT2D eigenvalue weighted by atomic mass is 10.2. The van der Waals surface area contributed by atoms with E-state index in [1.807, 2.05) is 36.4 Å². The molecule has 0 saturated heterocycles. The van der Waals surface area contributed by atoms with Crippen LogP contribution in [0.25, 0.3) is 20.7 Å². The first-order chi connectivity index (χ1) is 8.24. The maximum Gasteiger partial charge on any atom is 0.215 e. The van der Waals surface area contributed by atoms with Crippen LogP contribution in [0, 0.1) is 0 Å². The third-order valence-corrected chi connectivity index (χ3v) is 3.61. The number of nitrogens with zero attached hydrogens (tertiary/aromatic N) is 1. The number of aromatic nitrogens is 1. The van der Waals surface area contributed by atoms with E-state index in [9.17, 15) is 10.2 Å². The molecular weight excluding hydrogens is 234 g/mol. The third-order valence-electron chi connectivity index (χ3n) is 2.53. The standard InChI is InChI=1S/C13H9NO2S/c15-10-7-12(16)14-13-9(10)6-11(17-13)8-4-2-1-3-5-8/h1-7H,(H2,14,15,16). The van der Waals surface area contributed by atoms with Crippen molar-refractivity contribution in [2.45, 2.75) is 0 Å².